The summed E-state index contributed by atoms with van der Waals surface area (Å²) in [6.07, 6.45) is 0. The van der Waals surface area contributed by atoms with Crippen LogP contribution in [0.4, 0.5) is 34.1 Å². The van der Waals surface area contributed by atoms with Crippen LogP contribution in [-0.4, -0.2) is 0 Å². The molecule has 0 aromatic heterocycles. The Morgan fingerprint density at radius 2 is 0.726 bits per heavy atom. The maximum absolute atomic E-state index is 7.50. The van der Waals surface area contributed by atoms with E-state index in [-0.39, 0.29) is 10.8 Å². The lowest BCUT2D eigenvalue weighted by atomic mass is 9.82. The third-order valence-electron chi connectivity index (χ3n) is 16.1. The number of anilines is 6. The molecule has 11 aromatic rings. The van der Waals surface area contributed by atoms with Crippen LogP contribution in [0, 0.1) is 0 Å². The molecule has 0 atom stereocenters. The summed E-state index contributed by atoms with van der Waals surface area (Å²) < 4.78 is 7.50. The van der Waals surface area contributed by atoms with Gasteiger partial charge in [-0.15, -0.1) is 0 Å². The summed E-state index contributed by atoms with van der Waals surface area (Å²) in [6, 6.07) is 88.9. The van der Waals surface area contributed by atoms with E-state index in [0.29, 0.717) is 0 Å². The molecular formula is C70H52N2O. The predicted octanol–water partition coefficient (Wildman–Crippen LogP) is 19.5. The molecule has 0 spiro atoms. The van der Waals surface area contributed by atoms with E-state index in [9.17, 15) is 0 Å². The maximum atomic E-state index is 7.50. The zero-order chi connectivity index (χ0) is 49.0. The normalized spacial score (nSPS) is 13.8. The van der Waals surface area contributed by atoms with Crippen LogP contribution >= 0.6 is 0 Å². The van der Waals surface area contributed by atoms with Crippen molar-refractivity contribution in [1.82, 2.24) is 0 Å². The molecule has 2 aliphatic carbocycles. The van der Waals surface area contributed by atoms with E-state index in [4.69, 9.17) is 4.74 Å². The molecule has 0 N–H and O–H groups in total. The quantitative estimate of drug-likeness (QED) is 0.151. The first-order chi connectivity index (χ1) is 35.7. The first kappa shape index (κ1) is 42.9. The van der Waals surface area contributed by atoms with Crippen LogP contribution in [0.2, 0.25) is 0 Å². The van der Waals surface area contributed by atoms with Gasteiger partial charge in [-0.2, -0.15) is 0 Å². The summed E-state index contributed by atoms with van der Waals surface area (Å²) in [5.41, 5.74) is 23.5. The van der Waals surface area contributed by atoms with Crippen molar-refractivity contribution in [2.24, 2.45) is 0 Å². The monoisotopic (exact) mass is 936 g/mol. The zero-order valence-electron chi connectivity index (χ0n) is 41.4. The third kappa shape index (κ3) is 6.72. The van der Waals surface area contributed by atoms with Crippen molar-refractivity contribution in [3.05, 3.63) is 265 Å². The van der Waals surface area contributed by atoms with Gasteiger partial charge in [0.1, 0.15) is 5.75 Å². The highest BCUT2D eigenvalue weighted by Gasteiger charge is 2.38. The van der Waals surface area contributed by atoms with E-state index in [1.54, 1.807) is 0 Å². The van der Waals surface area contributed by atoms with E-state index in [1.165, 1.54) is 66.8 Å². The molecule has 0 amide bonds. The Hall–Kier alpha value is -8.92. The maximum Gasteiger partial charge on any atom is 0.159 e. The average Bonchev–Trinajstić information content (AvgIpc) is 3.81. The van der Waals surface area contributed by atoms with Crippen molar-refractivity contribution in [3.8, 4) is 67.1 Å². The van der Waals surface area contributed by atoms with Gasteiger partial charge in [-0.1, -0.05) is 198 Å². The van der Waals surface area contributed by atoms with Crippen molar-refractivity contribution in [2.75, 3.05) is 9.80 Å². The smallest absolute Gasteiger partial charge is 0.159 e. The highest BCUT2D eigenvalue weighted by Crippen LogP contribution is 2.57. The van der Waals surface area contributed by atoms with Crippen molar-refractivity contribution in [2.45, 2.75) is 38.5 Å². The molecule has 3 nitrogen and oxygen atoms in total. The van der Waals surface area contributed by atoms with E-state index in [0.717, 1.165) is 67.5 Å². The fourth-order valence-corrected chi connectivity index (χ4v) is 12.3. The van der Waals surface area contributed by atoms with Crippen LogP contribution < -0.4 is 14.5 Å². The number of nitrogens with zero attached hydrogens (tertiary/aromatic N) is 2. The molecule has 73 heavy (non-hydrogen) atoms. The van der Waals surface area contributed by atoms with Gasteiger partial charge in [-0.25, -0.2) is 0 Å². The number of hydrogen-bond acceptors (Lipinski definition) is 3. The minimum Gasteiger partial charge on any atom is -0.454 e. The fourth-order valence-electron chi connectivity index (χ4n) is 12.3. The molecule has 0 saturated heterocycles. The van der Waals surface area contributed by atoms with E-state index in [2.05, 4.69) is 280 Å². The van der Waals surface area contributed by atoms with E-state index >= 15 is 0 Å². The molecule has 0 saturated carbocycles. The molecule has 3 heteroatoms. The second kappa shape index (κ2) is 16.3. The van der Waals surface area contributed by atoms with Crippen LogP contribution in [0.3, 0.4) is 0 Å². The van der Waals surface area contributed by atoms with Gasteiger partial charge in [-0.05, 0) is 144 Å². The number of rotatable bonds is 8. The summed E-state index contributed by atoms with van der Waals surface area (Å²) in [7, 11) is 0. The molecule has 3 aliphatic rings. The largest absolute Gasteiger partial charge is 0.454 e. The van der Waals surface area contributed by atoms with Gasteiger partial charge in [0, 0.05) is 56.3 Å². The van der Waals surface area contributed by atoms with Crippen LogP contribution in [0.1, 0.15) is 49.9 Å². The van der Waals surface area contributed by atoms with E-state index < -0.39 is 0 Å². The summed E-state index contributed by atoms with van der Waals surface area (Å²) in [4.78, 5) is 4.80. The number of benzene rings is 11. The number of fused-ring (bicyclic) bond motifs is 8. The highest BCUT2D eigenvalue weighted by molar-refractivity contribution is 6.08. The minimum absolute atomic E-state index is 0.158. The Kier molecular flexibility index (Phi) is 9.59. The summed E-state index contributed by atoms with van der Waals surface area (Å²) in [6.45, 7) is 9.42. The summed E-state index contributed by atoms with van der Waals surface area (Å²) >= 11 is 0. The first-order valence-electron chi connectivity index (χ1n) is 25.5. The van der Waals surface area contributed by atoms with Gasteiger partial charge >= 0.3 is 0 Å². The Balaban J connectivity index is 0.930. The van der Waals surface area contributed by atoms with Crippen molar-refractivity contribution >= 4 is 44.9 Å². The molecule has 11 aromatic carbocycles. The van der Waals surface area contributed by atoms with E-state index in [1.807, 2.05) is 0 Å². The van der Waals surface area contributed by atoms with Gasteiger partial charge in [0.15, 0.2) is 5.75 Å². The number of ether oxygens (including phenoxy) is 1. The molecule has 1 aliphatic heterocycles. The SMILES string of the molecule is CC1(C)c2ccccc2-c2ccc(N(c3ccc(-c4ccccc4)cc3)c3ccc4c(c3)Oc3c(N(c5ccc(-c6ccccc6)cc5)c5ccc6c(c5)C(C)(C)c5ccccc5-6)ccc5cccc-4c35)cc21. The van der Waals surface area contributed by atoms with Crippen LogP contribution in [0.5, 0.6) is 11.5 Å². The zero-order valence-corrected chi connectivity index (χ0v) is 41.4. The van der Waals surface area contributed by atoms with Gasteiger partial charge < -0.3 is 14.5 Å². The van der Waals surface area contributed by atoms with Gasteiger partial charge in [0.2, 0.25) is 0 Å². The van der Waals surface area contributed by atoms with Gasteiger partial charge in [0.05, 0.1) is 5.69 Å². The molecule has 0 unspecified atom stereocenters. The Bertz CT molecular complexity index is 3980. The molecule has 0 fully saturated rings. The molecule has 0 bridgehead atoms. The Morgan fingerprint density at radius 3 is 1.29 bits per heavy atom. The standard InChI is InChI=1S/C70H52N2O/c1-69(2)61-24-13-11-21-55(61)57-38-35-52(42-63(57)69)71(50-31-26-47(27-32-50)45-16-7-5-8-17-45)54-37-40-59-60-23-15-20-49-30-41-65(68(67(49)60)73-66(59)44-54)72(51-33-28-48(29-34-51)46-18-9-6-10-19-46)53-36-39-58-56-22-12-14-25-62(56)70(3,4)64(58)43-53/h5-44H,1-4H3. The van der Waals surface area contributed by atoms with Crippen molar-refractivity contribution in [3.63, 3.8) is 0 Å². The second-order valence-corrected chi connectivity index (χ2v) is 20.9. The predicted molar refractivity (Wildman–Crippen MR) is 305 cm³/mol. The summed E-state index contributed by atoms with van der Waals surface area (Å²) in [5, 5.41) is 2.24. The van der Waals surface area contributed by atoms with Crippen molar-refractivity contribution in [1.29, 1.82) is 0 Å². The lowest BCUT2D eigenvalue weighted by Gasteiger charge is -2.32. The van der Waals surface area contributed by atoms with Crippen LogP contribution in [0.15, 0.2) is 243 Å². The molecule has 348 valence electrons. The Labute approximate surface area is 427 Å². The fraction of sp³-hybridized carbons (Fsp3) is 0.0857. The van der Waals surface area contributed by atoms with Crippen LogP contribution in [-0.2, 0) is 10.8 Å². The van der Waals surface area contributed by atoms with Gasteiger partial charge in [0.25, 0.3) is 0 Å². The third-order valence-corrected chi connectivity index (χ3v) is 16.1. The number of hydrogen-bond donors (Lipinski definition) is 0. The van der Waals surface area contributed by atoms with Gasteiger partial charge in [-0.3, -0.25) is 0 Å². The molecule has 0 radical (unpaired) electrons. The van der Waals surface area contributed by atoms with Crippen molar-refractivity contribution < 1.29 is 4.74 Å². The van der Waals surface area contributed by atoms with Crippen LogP contribution in [0.25, 0.3) is 66.4 Å². The average molecular weight is 937 g/mol. The summed E-state index contributed by atoms with van der Waals surface area (Å²) in [5.74, 6) is 1.65. The second-order valence-electron chi connectivity index (χ2n) is 20.9. The molecule has 14 rings (SSSR count). The lowest BCUT2D eigenvalue weighted by Crippen LogP contribution is -2.17. The lowest BCUT2D eigenvalue weighted by molar-refractivity contribution is 0.488. The first-order valence-corrected chi connectivity index (χ1v) is 25.5. The molecule has 1 heterocycles. The highest BCUT2D eigenvalue weighted by atomic mass is 16.5. The Morgan fingerprint density at radius 1 is 0.301 bits per heavy atom. The topological polar surface area (TPSA) is 15.7 Å². The molecular weight excluding hydrogens is 885 g/mol. The minimum atomic E-state index is -0.173.